The number of benzene rings is 1. The first-order chi connectivity index (χ1) is 9.43. The van der Waals surface area contributed by atoms with Crippen molar-refractivity contribution in [2.45, 2.75) is 31.8 Å². The van der Waals surface area contributed by atoms with E-state index in [0.717, 1.165) is 38.0 Å². The summed E-state index contributed by atoms with van der Waals surface area (Å²) in [5.74, 6) is -0.443. The standard InChI is InChI=1S/C15H22ClN3O/c1-15(18-2)5-7-19(8-6-15)10-12-4-3-11(14(17)20)9-13(12)16/h3-4,9,18H,5-8,10H2,1-2H3,(H2,17,20). The number of likely N-dealkylation sites (tertiary alicyclic amines) is 1. The molecule has 0 saturated carbocycles. The lowest BCUT2D eigenvalue weighted by molar-refractivity contribution is 0.1000. The summed E-state index contributed by atoms with van der Waals surface area (Å²) in [5, 5.41) is 4.01. The number of nitrogens with zero attached hydrogens (tertiary/aromatic N) is 1. The van der Waals surface area contributed by atoms with Crippen LogP contribution in [0.5, 0.6) is 0 Å². The third kappa shape index (κ3) is 3.51. The van der Waals surface area contributed by atoms with Crippen LogP contribution in [0, 0.1) is 0 Å². The zero-order valence-electron chi connectivity index (χ0n) is 12.1. The largest absolute Gasteiger partial charge is 0.366 e. The first-order valence-corrected chi connectivity index (χ1v) is 7.31. The molecule has 20 heavy (non-hydrogen) atoms. The number of hydrogen-bond donors (Lipinski definition) is 2. The number of hydrogen-bond acceptors (Lipinski definition) is 3. The van der Waals surface area contributed by atoms with Crippen LogP contribution in [-0.2, 0) is 6.54 Å². The van der Waals surface area contributed by atoms with Crippen molar-refractivity contribution in [1.29, 1.82) is 0 Å². The van der Waals surface area contributed by atoms with Crippen molar-refractivity contribution in [1.82, 2.24) is 10.2 Å². The topological polar surface area (TPSA) is 58.4 Å². The first-order valence-electron chi connectivity index (χ1n) is 6.93. The molecule has 1 aromatic carbocycles. The molecule has 1 saturated heterocycles. The van der Waals surface area contributed by atoms with Gasteiger partial charge in [-0.15, -0.1) is 0 Å². The third-order valence-corrected chi connectivity index (χ3v) is 4.65. The molecule has 1 fully saturated rings. The summed E-state index contributed by atoms with van der Waals surface area (Å²) in [6, 6.07) is 5.29. The first kappa shape index (κ1) is 15.3. The van der Waals surface area contributed by atoms with E-state index in [9.17, 15) is 4.79 Å². The van der Waals surface area contributed by atoms with E-state index in [1.807, 2.05) is 13.1 Å². The number of nitrogens with one attached hydrogen (secondary N) is 1. The minimum atomic E-state index is -0.443. The second-order valence-corrected chi connectivity index (χ2v) is 6.16. The molecule has 0 radical (unpaired) electrons. The molecule has 1 aliphatic rings. The number of carbonyl (C=O) groups excluding carboxylic acids is 1. The molecule has 5 heteroatoms. The van der Waals surface area contributed by atoms with Crippen LogP contribution in [0.3, 0.4) is 0 Å². The van der Waals surface area contributed by atoms with Crippen molar-refractivity contribution in [3.05, 3.63) is 34.3 Å². The average molecular weight is 296 g/mol. The summed E-state index contributed by atoms with van der Waals surface area (Å²) in [6.07, 6.45) is 2.25. The molecule has 0 atom stereocenters. The molecule has 1 aliphatic heterocycles. The van der Waals surface area contributed by atoms with Gasteiger partial charge >= 0.3 is 0 Å². The highest BCUT2D eigenvalue weighted by Gasteiger charge is 2.28. The van der Waals surface area contributed by atoms with Gasteiger partial charge in [-0.2, -0.15) is 0 Å². The molecule has 110 valence electrons. The van der Waals surface area contributed by atoms with Gasteiger partial charge in [0.1, 0.15) is 0 Å². The molecule has 1 heterocycles. The number of halogens is 1. The second kappa shape index (κ2) is 6.12. The Labute approximate surface area is 125 Å². The summed E-state index contributed by atoms with van der Waals surface area (Å²) in [7, 11) is 2.02. The lowest BCUT2D eigenvalue weighted by atomic mass is 9.90. The van der Waals surface area contributed by atoms with E-state index >= 15 is 0 Å². The average Bonchev–Trinajstić information content (AvgIpc) is 2.43. The van der Waals surface area contributed by atoms with Crippen molar-refractivity contribution in [2.75, 3.05) is 20.1 Å². The van der Waals surface area contributed by atoms with Crippen LogP contribution in [0.15, 0.2) is 18.2 Å². The highest BCUT2D eigenvalue weighted by molar-refractivity contribution is 6.31. The Morgan fingerprint density at radius 2 is 2.10 bits per heavy atom. The van der Waals surface area contributed by atoms with Gasteiger partial charge in [0.25, 0.3) is 0 Å². The maximum Gasteiger partial charge on any atom is 0.248 e. The smallest absolute Gasteiger partial charge is 0.248 e. The number of piperidine rings is 1. The van der Waals surface area contributed by atoms with Crippen molar-refractivity contribution in [3.8, 4) is 0 Å². The number of rotatable bonds is 4. The van der Waals surface area contributed by atoms with E-state index in [4.69, 9.17) is 17.3 Å². The zero-order valence-corrected chi connectivity index (χ0v) is 12.8. The quantitative estimate of drug-likeness (QED) is 0.893. The molecule has 0 unspecified atom stereocenters. The molecule has 1 aromatic rings. The van der Waals surface area contributed by atoms with Gasteiger partial charge in [0.05, 0.1) is 0 Å². The predicted molar refractivity (Wildman–Crippen MR) is 81.9 cm³/mol. The van der Waals surface area contributed by atoms with Gasteiger partial charge < -0.3 is 11.1 Å². The van der Waals surface area contributed by atoms with Crippen molar-refractivity contribution < 1.29 is 4.79 Å². The Bertz CT molecular complexity index is 496. The molecule has 2 rings (SSSR count). The van der Waals surface area contributed by atoms with Gasteiger partial charge in [-0.25, -0.2) is 0 Å². The van der Waals surface area contributed by atoms with Crippen LogP contribution in [0.1, 0.15) is 35.7 Å². The van der Waals surface area contributed by atoms with Crippen LogP contribution in [0.25, 0.3) is 0 Å². The van der Waals surface area contributed by atoms with E-state index in [0.29, 0.717) is 10.6 Å². The molecule has 0 bridgehead atoms. The van der Waals surface area contributed by atoms with Crippen molar-refractivity contribution in [2.24, 2.45) is 5.73 Å². The van der Waals surface area contributed by atoms with E-state index in [1.54, 1.807) is 12.1 Å². The van der Waals surface area contributed by atoms with Crippen LogP contribution in [0.2, 0.25) is 5.02 Å². The Morgan fingerprint density at radius 3 is 2.60 bits per heavy atom. The summed E-state index contributed by atoms with van der Waals surface area (Å²) in [4.78, 5) is 13.5. The minimum absolute atomic E-state index is 0.246. The van der Waals surface area contributed by atoms with Gasteiger partial charge in [-0.1, -0.05) is 17.7 Å². The molecule has 3 N–H and O–H groups in total. The monoisotopic (exact) mass is 295 g/mol. The van der Waals surface area contributed by atoms with E-state index in [1.165, 1.54) is 0 Å². The molecular weight excluding hydrogens is 274 g/mol. The van der Waals surface area contributed by atoms with Gasteiger partial charge in [-0.3, -0.25) is 9.69 Å². The minimum Gasteiger partial charge on any atom is -0.366 e. The van der Waals surface area contributed by atoms with Gasteiger partial charge in [0, 0.05) is 35.8 Å². The number of nitrogens with two attached hydrogens (primary N) is 1. The highest BCUT2D eigenvalue weighted by Crippen LogP contribution is 2.25. The SMILES string of the molecule is CNC1(C)CCN(Cc2ccc(C(N)=O)cc2Cl)CC1. The molecular formula is C15H22ClN3O. The number of primary amides is 1. The number of carbonyl (C=O) groups is 1. The van der Waals surface area contributed by atoms with Crippen LogP contribution in [0.4, 0.5) is 0 Å². The lowest BCUT2D eigenvalue weighted by Crippen LogP contribution is -2.49. The van der Waals surface area contributed by atoms with Crippen molar-refractivity contribution >= 4 is 17.5 Å². The third-order valence-electron chi connectivity index (χ3n) is 4.29. The Balaban J connectivity index is 2.00. The van der Waals surface area contributed by atoms with Crippen LogP contribution >= 0.6 is 11.6 Å². The Morgan fingerprint density at radius 1 is 1.45 bits per heavy atom. The molecule has 1 amide bonds. The maximum atomic E-state index is 11.1. The van der Waals surface area contributed by atoms with Crippen LogP contribution < -0.4 is 11.1 Å². The summed E-state index contributed by atoms with van der Waals surface area (Å²) < 4.78 is 0. The van der Waals surface area contributed by atoms with Gasteiger partial charge in [0.15, 0.2) is 0 Å². The molecule has 0 aromatic heterocycles. The van der Waals surface area contributed by atoms with Crippen LogP contribution in [-0.4, -0.2) is 36.5 Å². The van der Waals surface area contributed by atoms with E-state index in [2.05, 4.69) is 17.1 Å². The Kier molecular flexibility index (Phi) is 4.68. The van der Waals surface area contributed by atoms with Gasteiger partial charge in [0.2, 0.25) is 5.91 Å². The normalized spacial score (nSPS) is 18.9. The van der Waals surface area contributed by atoms with E-state index < -0.39 is 5.91 Å². The molecule has 4 nitrogen and oxygen atoms in total. The predicted octanol–water partition coefficient (Wildman–Crippen LogP) is 2.01. The fourth-order valence-electron chi connectivity index (χ4n) is 2.52. The van der Waals surface area contributed by atoms with Crippen molar-refractivity contribution in [3.63, 3.8) is 0 Å². The lowest BCUT2D eigenvalue weighted by Gasteiger charge is -2.39. The fourth-order valence-corrected chi connectivity index (χ4v) is 2.76. The maximum absolute atomic E-state index is 11.1. The zero-order chi connectivity index (χ0) is 14.8. The summed E-state index contributed by atoms with van der Waals surface area (Å²) >= 11 is 6.23. The second-order valence-electron chi connectivity index (χ2n) is 5.76. The summed E-state index contributed by atoms with van der Waals surface area (Å²) in [5.41, 5.74) is 7.00. The highest BCUT2D eigenvalue weighted by atomic mass is 35.5. The van der Waals surface area contributed by atoms with Gasteiger partial charge in [-0.05, 0) is 44.5 Å². The van der Waals surface area contributed by atoms with E-state index in [-0.39, 0.29) is 5.54 Å². The Hall–Kier alpha value is -1.10. The molecule has 0 spiro atoms. The number of amides is 1. The summed E-state index contributed by atoms with van der Waals surface area (Å²) in [6.45, 7) is 5.17. The molecule has 0 aliphatic carbocycles. The fraction of sp³-hybridized carbons (Fsp3) is 0.533.